The van der Waals surface area contributed by atoms with Crippen LogP contribution < -0.4 is 0 Å². The number of likely N-dealkylation sites (N-methyl/N-ethyl adjacent to an activating group) is 1. The van der Waals surface area contributed by atoms with Gasteiger partial charge in [-0.1, -0.05) is 0 Å². The van der Waals surface area contributed by atoms with Crippen LogP contribution in [-0.4, -0.2) is 81.0 Å². The van der Waals surface area contributed by atoms with E-state index in [2.05, 4.69) is 4.90 Å². The zero-order valence-electron chi connectivity index (χ0n) is 13.1. The van der Waals surface area contributed by atoms with Crippen molar-refractivity contribution in [3.8, 4) is 0 Å². The molecule has 0 aromatic heterocycles. The van der Waals surface area contributed by atoms with Crippen molar-refractivity contribution >= 4 is 10.0 Å². The van der Waals surface area contributed by atoms with Crippen molar-refractivity contribution in [1.29, 1.82) is 0 Å². The maximum atomic E-state index is 11.6. The third-order valence-corrected chi connectivity index (χ3v) is 5.78. The summed E-state index contributed by atoms with van der Waals surface area (Å²) < 4.78 is 30.2. The van der Waals surface area contributed by atoms with E-state index in [1.165, 1.54) is 6.26 Å². The number of ether oxygens (including phenoxy) is 1. The van der Waals surface area contributed by atoms with Crippen molar-refractivity contribution in [3.05, 3.63) is 0 Å². The summed E-state index contributed by atoms with van der Waals surface area (Å²) in [5.74, 6) is 0.349. The first-order valence-electron chi connectivity index (χ1n) is 7.72. The summed E-state index contributed by atoms with van der Waals surface area (Å²) in [4.78, 5) is 2.14. The predicted molar refractivity (Wildman–Crippen MR) is 81.6 cm³/mol. The molecule has 1 atom stereocenters. The van der Waals surface area contributed by atoms with Gasteiger partial charge in [0.2, 0.25) is 10.0 Å². The molecule has 0 aromatic carbocycles. The molecule has 0 aromatic rings. The quantitative estimate of drug-likeness (QED) is 0.780. The van der Waals surface area contributed by atoms with E-state index in [0.717, 1.165) is 19.4 Å². The molecule has 21 heavy (non-hydrogen) atoms. The van der Waals surface area contributed by atoms with Crippen LogP contribution in [-0.2, 0) is 14.8 Å². The first kappa shape index (κ1) is 17.1. The summed E-state index contributed by atoms with van der Waals surface area (Å²) in [5, 5.41) is 10.5. The molecule has 2 heterocycles. The fraction of sp³-hybridized carbons (Fsp3) is 1.00. The highest BCUT2D eigenvalue weighted by atomic mass is 32.2. The lowest BCUT2D eigenvalue weighted by atomic mass is 9.93. The third-order valence-electron chi connectivity index (χ3n) is 4.51. The fourth-order valence-corrected chi connectivity index (χ4v) is 4.34. The van der Waals surface area contributed by atoms with E-state index >= 15 is 0 Å². The number of hydrogen-bond donors (Lipinski definition) is 1. The molecule has 7 heteroatoms. The Bertz CT molecular complexity index is 434. The third kappa shape index (κ3) is 5.17. The van der Waals surface area contributed by atoms with Crippen molar-refractivity contribution in [2.45, 2.75) is 31.3 Å². The van der Waals surface area contributed by atoms with Crippen molar-refractivity contribution < 1.29 is 18.3 Å². The molecule has 2 saturated heterocycles. The molecule has 2 aliphatic rings. The smallest absolute Gasteiger partial charge is 0.211 e. The lowest BCUT2D eigenvalue weighted by Gasteiger charge is -2.38. The molecular weight excluding hydrogens is 292 g/mol. The lowest BCUT2D eigenvalue weighted by Crippen LogP contribution is -2.48. The standard InChI is InChI=1S/C14H28N2O4S/c1-15(12-14(17)5-8-20-9-6-14)10-13-4-3-7-16(11-13)21(2,18)19/h13,17H,3-12H2,1-2H3. The Balaban J connectivity index is 1.83. The van der Waals surface area contributed by atoms with Crippen molar-refractivity contribution in [1.82, 2.24) is 9.21 Å². The fourth-order valence-electron chi connectivity index (χ4n) is 3.39. The van der Waals surface area contributed by atoms with Crippen molar-refractivity contribution in [3.63, 3.8) is 0 Å². The highest BCUT2D eigenvalue weighted by molar-refractivity contribution is 7.88. The molecule has 0 aliphatic carbocycles. The second kappa shape index (κ2) is 6.91. The van der Waals surface area contributed by atoms with Crippen molar-refractivity contribution in [2.75, 3.05) is 52.7 Å². The van der Waals surface area contributed by atoms with Gasteiger partial charge in [-0.05, 0) is 25.8 Å². The molecule has 0 spiro atoms. The van der Waals surface area contributed by atoms with Gasteiger partial charge in [-0.2, -0.15) is 0 Å². The first-order valence-corrected chi connectivity index (χ1v) is 9.57. The Morgan fingerprint density at radius 1 is 1.38 bits per heavy atom. The molecule has 2 fully saturated rings. The summed E-state index contributed by atoms with van der Waals surface area (Å²) in [6.45, 7) is 3.94. The Labute approximate surface area is 128 Å². The summed E-state index contributed by atoms with van der Waals surface area (Å²) in [7, 11) is -1.08. The second-order valence-electron chi connectivity index (χ2n) is 6.66. The van der Waals surface area contributed by atoms with Crippen LogP contribution in [0.25, 0.3) is 0 Å². The summed E-state index contributed by atoms with van der Waals surface area (Å²) in [5.41, 5.74) is -0.655. The van der Waals surface area contributed by atoms with Crippen LogP contribution in [0.15, 0.2) is 0 Å². The molecule has 1 N–H and O–H groups in total. The van der Waals surface area contributed by atoms with Crippen LogP contribution in [0.2, 0.25) is 0 Å². The molecule has 0 saturated carbocycles. The monoisotopic (exact) mass is 320 g/mol. The number of aliphatic hydroxyl groups is 1. The van der Waals surface area contributed by atoms with Crippen LogP contribution in [0.5, 0.6) is 0 Å². The van der Waals surface area contributed by atoms with Gasteiger partial charge in [0.1, 0.15) is 0 Å². The van der Waals surface area contributed by atoms with E-state index in [1.807, 2.05) is 7.05 Å². The average Bonchev–Trinajstić information content (AvgIpc) is 2.38. The van der Waals surface area contributed by atoms with Gasteiger partial charge in [-0.15, -0.1) is 0 Å². The van der Waals surface area contributed by atoms with Gasteiger partial charge in [0.05, 0.1) is 11.9 Å². The Kier molecular flexibility index (Phi) is 5.65. The highest BCUT2D eigenvalue weighted by Gasteiger charge is 2.32. The molecule has 0 amide bonds. The van der Waals surface area contributed by atoms with Gasteiger partial charge in [0, 0.05) is 52.2 Å². The largest absolute Gasteiger partial charge is 0.388 e. The number of nitrogens with zero attached hydrogens (tertiary/aromatic N) is 2. The minimum atomic E-state index is -3.08. The summed E-state index contributed by atoms with van der Waals surface area (Å²) in [6.07, 6.45) is 4.61. The zero-order chi connectivity index (χ0) is 15.5. The van der Waals surface area contributed by atoms with Crippen LogP contribution in [0.1, 0.15) is 25.7 Å². The molecule has 0 radical (unpaired) electrons. The van der Waals surface area contributed by atoms with E-state index in [0.29, 0.717) is 51.6 Å². The van der Waals surface area contributed by atoms with E-state index in [-0.39, 0.29) is 0 Å². The van der Waals surface area contributed by atoms with Gasteiger partial charge in [-0.25, -0.2) is 12.7 Å². The molecule has 0 bridgehead atoms. The van der Waals surface area contributed by atoms with Gasteiger partial charge >= 0.3 is 0 Å². The van der Waals surface area contributed by atoms with Gasteiger partial charge in [0.15, 0.2) is 0 Å². The van der Waals surface area contributed by atoms with Crippen LogP contribution in [0.4, 0.5) is 0 Å². The Morgan fingerprint density at radius 2 is 2.05 bits per heavy atom. The van der Waals surface area contributed by atoms with Crippen molar-refractivity contribution in [2.24, 2.45) is 5.92 Å². The summed E-state index contributed by atoms with van der Waals surface area (Å²) >= 11 is 0. The predicted octanol–water partition coefficient (Wildman–Crippen LogP) is 0.131. The van der Waals surface area contributed by atoms with E-state index in [9.17, 15) is 13.5 Å². The first-order chi connectivity index (χ1) is 9.78. The minimum Gasteiger partial charge on any atom is -0.388 e. The molecular formula is C14H28N2O4S. The number of rotatable bonds is 5. The Hall–Kier alpha value is -0.210. The number of sulfonamides is 1. The molecule has 1 unspecified atom stereocenters. The van der Waals surface area contributed by atoms with Gasteiger partial charge in [-0.3, -0.25) is 0 Å². The number of piperidine rings is 1. The maximum absolute atomic E-state index is 11.6. The SMILES string of the molecule is CN(CC1CCCN(S(C)(=O)=O)C1)CC1(O)CCOCC1. The van der Waals surface area contributed by atoms with E-state index < -0.39 is 15.6 Å². The maximum Gasteiger partial charge on any atom is 0.211 e. The zero-order valence-corrected chi connectivity index (χ0v) is 13.9. The normalized spacial score (nSPS) is 27.9. The average molecular weight is 320 g/mol. The lowest BCUT2D eigenvalue weighted by molar-refractivity contribution is -0.0785. The number of hydrogen-bond acceptors (Lipinski definition) is 5. The minimum absolute atomic E-state index is 0.349. The molecule has 124 valence electrons. The molecule has 2 rings (SSSR count). The molecule has 2 aliphatic heterocycles. The van der Waals surface area contributed by atoms with Gasteiger partial charge < -0.3 is 14.7 Å². The second-order valence-corrected chi connectivity index (χ2v) is 8.65. The topological polar surface area (TPSA) is 70.1 Å². The highest BCUT2D eigenvalue weighted by Crippen LogP contribution is 2.23. The van der Waals surface area contributed by atoms with E-state index in [1.54, 1.807) is 4.31 Å². The van der Waals surface area contributed by atoms with E-state index in [4.69, 9.17) is 4.74 Å². The van der Waals surface area contributed by atoms with Gasteiger partial charge in [0.25, 0.3) is 0 Å². The van der Waals surface area contributed by atoms with Crippen LogP contribution in [0, 0.1) is 5.92 Å². The Morgan fingerprint density at radius 3 is 2.67 bits per heavy atom. The van der Waals surface area contributed by atoms with Crippen LogP contribution >= 0.6 is 0 Å². The summed E-state index contributed by atoms with van der Waals surface area (Å²) in [6, 6.07) is 0. The van der Waals surface area contributed by atoms with Crippen LogP contribution in [0.3, 0.4) is 0 Å². The molecule has 6 nitrogen and oxygen atoms in total.